The van der Waals surface area contributed by atoms with E-state index in [4.69, 9.17) is 19.4 Å². The summed E-state index contributed by atoms with van der Waals surface area (Å²) in [5.41, 5.74) is 9.44. The fourth-order valence-electron chi connectivity index (χ4n) is 9.90. The Labute approximate surface area is 362 Å². The third-order valence-electron chi connectivity index (χ3n) is 13.2. The molecule has 3 aliphatic heterocycles. The van der Waals surface area contributed by atoms with Crippen molar-refractivity contribution in [3.05, 3.63) is 58.2 Å². The number of hydrogen-bond donors (Lipinski definition) is 3. The first-order valence-corrected chi connectivity index (χ1v) is 22.7. The highest BCUT2D eigenvalue weighted by atomic mass is 32.1. The van der Waals surface area contributed by atoms with Crippen LogP contribution < -0.4 is 16.1 Å². The Hall–Kier alpha value is -4.70. The van der Waals surface area contributed by atoms with E-state index in [-0.39, 0.29) is 42.8 Å². The fraction of sp³-hybridized carbons (Fsp3) is 0.565. The summed E-state index contributed by atoms with van der Waals surface area (Å²) in [5.74, 6) is -0.903. The van der Waals surface area contributed by atoms with Gasteiger partial charge < -0.3 is 29.6 Å². The number of hydrazine groups is 1. The van der Waals surface area contributed by atoms with Gasteiger partial charge in [0.2, 0.25) is 11.8 Å². The first-order chi connectivity index (χ1) is 29.2. The van der Waals surface area contributed by atoms with E-state index in [9.17, 15) is 19.2 Å². The quantitative estimate of drug-likeness (QED) is 0.192. The van der Waals surface area contributed by atoms with E-state index >= 15 is 0 Å². The molecule has 7 atom stereocenters. The maximum Gasteiger partial charge on any atom is 0.324 e. The zero-order chi connectivity index (χ0) is 43.3. The second kappa shape index (κ2) is 17.2. The third kappa shape index (κ3) is 8.33. The van der Waals surface area contributed by atoms with Crippen LogP contribution in [-0.2, 0) is 48.0 Å². The molecular weight excluding hydrogens is 793 g/mol. The molecule has 326 valence electrons. The number of likely N-dealkylation sites (N-methyl/N-ethyl adjacent to an activating group) is 1. The van der Waals surface area contributed by atoms with Crippen molar-refractivity contribution >= 4 is 45.9 Å². The third-order valence-corrected chi connectivity index (χ3v) is 14.1. The van der Waals surface area contributed by atoms with Gasteiger partial charge in [-0.2, -0.15) is 0 Å². The lowest BCUT2D eigenvalue weighted by molar-refractivity contribution is -0.155. The number of piperidine rings is 1. The molecule has 1 aliphatic carbocycles. The van der Waals surface area contributed by atoms with Crippen LogP contribution in [0.25, 0.3) is 33.4 Å². The molecule has 61 heavy (non-hydrogen) atoms. The van der Waals surface area contributed by atoms with Crippen molar-refractivity contribution in [2.24, 2.45) is 29.1 Å². The first-order valence-electron chi connectivity index (χ1n) is 21.8. The number of fused-ring (bicyclic) bond motifs is 7. The van der Waals surface area contributed by atoms with Crippen LogP contribution in [0.4, 0.5) is 0 Å². The standard InChI is InChI=1S/C46H60N8O6S/c1-9-53-36-15-14-27-18-29(36)30(41(53)28-12-10-16-48-39(28)26(4)59-8)20-46(5,6)24-60-45(58)33-13-11-17-54(51-33)43(56)34(19-37-49-35(27)23-61-37)50-42(55)40(25(2)3)52(7)44(57)38-31-21-47-22-32(31)38/h10,12,14-16,18,23,25-26,31-34,38,40,47,51H,9,11,13,17,19-22,24H2,1-8H3,(H,50,55)/t26-,31-,32+,33-,34-,38?,40?/m0/s1. The molecule has 3 amide bonds. The normalized spacial score (nSPS) is 24.8. The van der Waals surface area contributed by atoms with Crippen LogP contribution in [0.5, 0.6) is 0 Å². The number of methoxy groups -OCH3 is 1. The summed E-state index contributed by atoms with van der Waals surface area (Å²) in [7, 11) is 3.39. The molecule has 3 fully saturated rings. The number of cyclic esters (lactones) is 1. The van der Waals surface area contributed by atoms with Crippen LogP contribution in [0.1, 0.15) is 76.8 Å². The van der Waals surface area contributed by atoms with Crippen molar-refractivity contribution in [1.82, 2.24) is 40.5 Å². The molecule has 3 aromatic heterocycles. The van der Waals surface area contributed by atoms with Crippen molar-refractivity contribution in [2.75, 3.05) is 40.4 Å². The Kier molecular flexibility index (Phi) is 12.1. The Morgan fingerprint density at radius 1 is 1.15 bits per heavy atom. The van der Waals surface area contributed by atoms with Crippen molar-refractivity contribution in [2.45, 2.75) is 98.0 Å². The molecule has 14 nitrogen and oxygen atoms in total. The summed E-state index contributed by atoms with van der Waals surface area (Å²) in [6.45, 7) is 15.0. The van der Waals surface area contributed by atoms with Gasteiger partial charge in [0.05, 0.1) is 34.8 Å². The van der Waals surface area contributed by atoms with Gasteiger partial charge >= 0.3 is 5.97 Å². The van der Waals surface area contributed by atoms with Crippen LogP contribution in [0.3, 0.4) is 0 Å². The number of nitrogens with one attached hydrogen (secondary N) is 3. The van der Waals surface area contributed by atoms with E-state index in [1.807, 2.05) is 32.2 Å². The number of thiazole rings is 1. The predicted octanol–water partition coefficient (Wildman–Crippen LogP) is 5.15. The highest BCUT2D eigenvalue weighted by Gasteiger charge is 2.58. The highest BCUT2D eigenvalue weighted by Crippen LogP contribution is 2.50. The number of amides is 3. The number of esters is 1. The molecule has 6 bridgehead atoms. The molecular formula is C46H60N8O6S. The molecule has 2 unspecified atom stereocenters. The Bertz CT molecular complexity index is 2310. The number of benzene rings is 1. The number of aryl methyl sites for hydroxylation is 1. The van der Waals surface area contributed by atoms with Gasteiger partial charge in [0, 0.05) is 78.6 Å². The van der Waals surface area contributed by atoms with Crippen molar-refractivity contribution in [1.29, 1.82) is 0 Å². The Morgan fingerprint density at radius 2 is 1.92 bits per heavy atom. The zero-order valence-electron chi connectivity index (χ0n) is 36.6. The number of aromatic nitrogens is 3. The van der Waals surface area contributed by atoms with Gasteiger partial charge in [0.15, 0.2) is 0 Å². The lowest BCUT2D eigenvalue weighted by atomic mass is 9.84. The lowest BCUT2D eigenvalue weighted by Crippen LogP contribution is -2.62. The average molecular weight is 853 g/mol. The van der Waals surface area contributed by atoms with Crippen LogP contribution in [-0.4, -0.2) is 107 Å². The molecule has 1 saturated carbocycles. The van der Waals surface area contributed by atoms with E-state index in [2.05, 4.69) is 65.7 Å². The molecule has 0 spiro atoms. The Balaban J connectivity index is 1.18. The van der Waals surface area contributed by atoms with Crippen LogP contribution in [0.2, 0.25) is 0 Å². The molecule has 2 saturated heterocycles. The van der Waals surface area contributed by atoms with Crippen molar-refractivity contribution in [3.8, 4) is 22.5 Å². The minimum absolute atomic E-state index is 0.0277. The summed E-state index contributed by atoms with van der Waals surface area (Å²) >= 11 is 1.44. The van der Waals surface area contributed by atoms with Gasteiger partial charge in [0.25, 0.3) is 5.91 Å². The number of nitrogens with zero attached hydrogens (tertiary/aromatic N) is 5. The molecule has 1 aromatic carbocycles. The Morgan fingerprint density at radius 3 is 2.64 bits per heavy atom. The number of carbonyl (C=O) groups excluding carboxylic acids is 4. The van der Waals surface area contributed by atoms with Crippen LogP contribution in [0.15, 0.2) is 41.9 Å². The van der Waals surface area contributed by atoms with Crippen molar-refractivity contribution in [3.63, 3.8) is 0 Å². The van der Waals surface area contributed by atoms with Crippen molar-refractivity contribution < 1.29 is 28.7 Å². The summed E-state index contributed by atoms with van der Waals surface area (Å²) < 4.78 is 14.2. The summed E-state index contributed by atoms with van der Waals surface area (Å²) in [5, 5.41) is 11.6. The van der Waals surface area contributed by atoms with E-state index in [1.165, 1.54) is 16.3 Å². The minimum atomic E-state index is -1.01. The smallest absolute Gasteiger partial charge is 0.324 e. The number of pyridine rings is 1. The highest BCUT2D eigenvalue weighted by molar-refractivity contribution is 7.10. The minimum Gasteiger partial charge on any atom is -0.464 e. The average Bonchev–Trinajstić information content (AvgIpc) is 3.59. The largest absolute Gasteiger partial charge is 0.464 e. The SMILES string of the molecule is CCn1c(-c2cccnc2[C@H](C)OC)c2c3cc(ccc31)-c1csc(n1)C[C@H](NC(=O)C(C(C)C)N(C)C(=O)C1[C@H]3CNC[C@@H]13)C(=O)N1CCC[C@H](N1)C(=O)OCC(C)(C)C2. The van der Waals surface area contributed by atoms with E-state index < -0.39 is 35.4 Å². The van der Waals surface area contributed by atoms with Gasteiger partial charge in [-0.1, -0.05) is 33.8 Å². The molecule has 3 N–H and O–H groups in total. The monoisotopic (exact) mass is 852 g/mol. The van der Waals surface area contributed by atoms with Gasteiger partial charge in [-0.15, -0.1) is 11.3 Å². The number of hydrogen-bond acceptors (Lipinski definition) is 11. The maximum absolute atomic E-state index is 14.5. The summed E-state index contributed by atoms with van der Waals surface area (Å²) in [4.78, 5) is 67.9. The molecule has 8 rings (SSSR count). The topological polar surface area (TPSA) is 160 Å². The van der Waals surface area contributed by atoms with Gasteiger partial charge in [-0.3, -0.25) is 29.2 Å². The summed E-state index contributed by atoms with van der Waals surface area (Å²) in [6.07, 6.45) is 3.35. The van der Waals surface area contributed by atoms with Crippen LogP contribution in [0, 0.1) is 29.1 Å². The van der Waals surface area contributed by atoms with E-state index in [0.29, 0.717) is 49.2 Å². The van der Waals surface area contributed by atoms with E-state index in [0.717, 1.165) is 57.8 Å². The molecule has 4 aromatic rings. The second-order valence-electron chi connectivity index (χ2n) is 18.4. The second-order valence-corrected chi connectivity index (χ2v) is 19.4. The molecule has 15 heteroatoms. The fourth-order valence-corrected chi connectivity index (χ4v) is 10.8. The summed E-state index contributed by atoms with van der Waals surface area (Å²) in [6, 6.07) is 7.93. The number of rotatable bonds is 9. The number of carbonyl (C=O) groups is 4. The van der Waals surface area contributed by atoms with Crippen LogP contribution >= 0.6 is 11.3 Å². The molecule has 0 radical (unpaired) electrons. The van der Waals surface area contributed by atoms with Gasteiger partial charge in [0.1, 0.15) is 18.1 Å². The first kappa shape index (κ1) is 43.0. The van der Waals surface area contributed by atoms with E-state index in [1.54, 1.807) is 25.3 Å². The van der Waals surface area contributed by atoms with Gasteiger partial charge in [-0.05, 0) is 93.8 Å². The lowest BCUT2D eigenvalue weighted by Gasteiger charge is -2.36. The maximum atomic E-state index is 14.5. The van der Waals surface area contributed by atoms with Gasteiger partial charge in [-0.25, -0.2) is 10.4 Å². The number of ether oxygens (including phenoxy) is 2. The molecule has 6 heterocycles. The predicted molar refractivity (Wildman–Crippen MR) is 234 cm³/mol. The molecule has 4 aliphatic rings. The zero-order valence-corrected chi connectivity index (χ0v) is 37.4.